The zero-order chi connectivity index (χ0) is 12.0. The van der Waals surface area contributed by atoms with Crippen LogP contribution < -0.4 is 5.32 Å². The van der Waals surface area contributed by atoms with E-state index in [1.807, 2.05) is 18.5 Å². The zero-order valence-electron chi connectivity index (χ0n) is 10.9. The largest absolute Gasteiger partial charge is 0.316 e. The van der Waals surface area contributed by atoms with Crippen molar-refractivity contribution in [1.82, 2.24) is 10.3 Å². The Labute approximate surface area is 105 Å². The number of hydrogen-bond acceptors (Lipinski definition) is 2. The molecular formula is C15H24N2. The summed E-state index contributed by atoms with van der Waals surface area (Å²) < 4.78 is 0. The summed E-state index contributed by atoms with van der Waals surface area (Å²) in [5.41, 5.74) is 1.88. The summed E-state index contributed by atoms with van der Waals surface area (Å²) in [5.74, 6) is 0. The van der Waals surface area contributed by atoms with Crippen LogP contribution in [0.4, 0.5) is 0 Å². The average Bonchev–Trinajstić information content (AvgIpc) is 2.37. The van der Waals surface area contributed by atoms with Crippen molar-refractivity contribution in [2.75, 3.05) is 13.1 Å². The second-order valence-corrected chi connectivity index (χ2v) is 5.66. The number of nitrogens with zero attached hydrogens (tertiary/aromatic N) is 1. The Hall–Kier alpha value is -0.890. The molecule has 2 heteroatoms. The summed E-state index contributed by atoms with van der Waals surface area (Å²) >= 11 is 0. The van der Waals surface area contributed by atoms with Gasteiger partial charge in [-0.1, -0.05) is 32.3 Å². The first-order valence-corrected chi connectivity index (χ1v) is 6.88. The third-order valence-electron chi connectivity index (χ3n) is 3.93. The monoisotopic (exact) mass is 232 g/mol. The van der Waals surface area contributed by atoms with Crippen molar-refractivity contribution in [3.8, 4) is 0 Å². The van der Waals surface area contributed by atoms with E-state index in [2.05, 4.69) is 23.3 Å². The molecule has 0 bridgehead atoms. The van der Waals surface area contributed by atoms with Gasteiger partial charge in [0, 0.05) is 18.9 Å². The Kier molecular flexibility index (Phi) is 4.55. The Morgan fingerprint density at radius 1 is 1.29 bits per heavy atom. The van der Waals surface area contributed by atoms with E-state index >= 15 is 0 Å². The number of pyridine rings is 1. The van der Waals surface area contributed by atoms with Crippen LogP contribution in [0.25, 0.3) is 0 Å². The lowest BCUT2D eigenvalue weighted by Crippen LogP contribution is -2.34. The lowest BCUT2D eigenvalue weighted by molar-refractivity contribution is 0.208. The molecule has 0 aliphatic heterocycles. The number of aromatic nitrogens is 1. The third kappa shape index (κ3) is 4.12. The van der Waals surface area contributed by atoms with Crippen LogP contribution in [-0.4, -0.2) is 18.1 Å². The molecule has 0 aromatic carbocycles. The molecule has 1 aliphatic carbocycles. The smallest absolute Gasteiger partial charge is 0.0300 e. The van der Waals surface area contributed by atoms with Crippen molar-refractivity contribution >= 4 is 0 Å². The lowest BCUT2D eigenvalue weighted by Gasteiger charge is -2.33. The van der Waals surface area contributed by atoms with Crippen LogP contribution >= 0.6 is 0 Å². The van der Waals surface area contributed by atoms with E-state index in [-0.39, 0.29) is 0 Å². The first-order chi connectivity index (χ1) is 8.29. The summed E-state index contributed by atoms with van der Waals surface area (Å²) in [5, 5.41) is 3.62. The Morgan fingerprint density at radius 2 is 2.12 bits per heavy atom. The highest BCUT2D eigenvalue weighted by Crippen LogP contribution is 2.34. The Bertz CT molecular complexity index is 315. The molecule has 1 aliphatic rings. The molecule has 1 fully saturated rings. The van der Waals surface area contributed by atoms with Crippen molar-refractivity contribution < 1.29 is 0 Å². The number of nitrogens with one attached hydrogen (secondary N) is 1. The predicted molar refractivity (Wildman–Crippen MR) is 72.0 cm³/mol. The topological polar surface area (TPSA) is 24.9 Å². The van der Waals surface area contributed by atoms with Crippen LogP contribution in [0.15, 0.2) is 24.5 Å². The maximum absolute atomic E-state index is 4.14. The van der Waals surface area contributed by atoms with Gasteiger partial charge in [-0.15, -0.1) is 0 Å². The van der Waals surface area contributed by atoms with Crippen LogP contribution in [0.5, 0.6) is 0 Å². The quantitative estimate of drug-likeness (QED) is 0.789. The van der Waals surface area contributed by atoms with Gasteiger partial charge in [0.2, 0.25) is 0 Å². The molecule has 1 saturated carbocycles. The molecular weight excluding hydrogens is 208 g/mol. The minimum atomic E-state index is 0.549. The summed E-state index contributed by atoms with van der Waals surface area (Å²) in [7, 11) is 0. The van der Waals surface area contributed by atoms with Gasteiger partial charge in [0.05, 0.1) is 0 Å². The SMILES string of the molecule is CC1(CNCCc2cccnc2)CCCCC1. The number of rotatable bonds is 5. The highest BCUT2D eigenvalue weighted by Gasteiger charge is 2.25. The molecule has 0 saturated heterocycles. The molecule has 2 rings (SSSR count). The van der Waals surface area contributed by atoms with Crippen molar-refractivity contribution in [2.24, 2.45) is 5.41 Å². The van der Waals surface area contributed by atoms with E-state index in [1.165, 1.54) is 44.2 Å². The maximum atomic E-state index is 4.14. The fourth-order valence-corrected chi connectivity index (χ4v) is 2.75. The van der Waals surface area contributed by atoms with Crippen molar-refractivity contribution in [3.63, 3.8) is 0 Å². The lowest BCUT2D eigenvalue weighted by atomic mass is 9.76. The molecule has 0 atom stereocenters. The average molecular weight is 232 g/mol. The van der Waals surface area contributed by atoms with Gasteiger partial charge in [-0.25, -0.2) is 0 Å². The van der Waals surface area contributed by atoms with Crippen LogP contribution in [0.1, 0.15) is 44.6 Å². The van der Waals surface area contributed by atoms with Crippen LogP contribution in [0.3, 0.4) is 0 Å². The highest BCUT2D eigenvalue weighted by molar-refractivity contribution is 5.08. The molecule has 2 nitrogen and oxygen atoms in total. The Balaban J connectivity index is 1.66. The molecule has 94 valence electrons. The summed E-state index contributed by atoms with van der Waals surface area (Å²) in [6, 6.07) is 4.16. The zero-order valence-corrected chi connectivity index (χ0v) is 10.9. The minimum Gasteiger partial charge on any atom is -0.316 e. The van der Waals surface area contributed by atoms with Gasteiger partial charge in [0.15, 0.2) is 0 Å². The van der Waals surface area contributed by atoms with E-state index in [1.54, 1.807) is 0 Å². The van der Waals surface area contributed by atoms with Gasteiger partial charge < -0.3 is 5.32 Å². The van der Waals surface area contributed by atoms with E-state index in [4.69, 9.17) is 0 Å². The summed E-state index contributed by atoms with van der Waals surface area (Å²) in [4.78, 5) is 4.14. The predicted octanol–water partition coefficient (Wildman–Crippen LogP) is 3.18. The normalized spacial score (nSPS) is 19.1. The first kappa shape index (κ1) is 12.6. The molecule has 0 spiro atoms. The molecule has 17 heavy (non-hydrogen) atoms. The maximum Gasteiger partial charge on any atom is 0.0300 e. The summed E-state index contributed by atoms with van der Waals surface area (Å²) in [6.45, 7) is 4.68. The second kappa shape index (κ2) is 6.15. The minimum absolute atomic E-state index is 0.549. The molecule has 1 aromatic rings. The molecule has 1 heterocycles. The second-order valence-electron chi connectivity index (χ2n) is 5.66. The highest BCUT2D eigenvalue weighted by atomic mass is 14.9. The van der Waals surface area contributed by atoms with Crippen molar-refractivity contribution in [2.45, 2.75) is 45.4 Å². The van der Waals surface area contributed by atoms with E-state index < -0.39 is 0 Å². The van der Waals surface area contributed by atoms with Crippen LogP contribution in [0, 0.1) is 5.41 Å². The molecule has 1 aromatic heterocycles. The van der Waals surface area contributed by atoms with Gasteiger partial charge in [-0.3, -0.25) is 4.98 Å². The van der Waals surface area contributed by atoms with E-state index in [0.717, 1.165) is 13.0 Å². The van der Waals surface area contributed by atoms with E-state index in [0.29, 0.717) is 5.41 Å². The van der Waals surface area contributed by atoms with Gasteiger partial charge in [-0.2, -0.15) is 0 Å². The molecule has 0 radical (unpaired) electrons. The van der Waals surface area contributed by atoms with Gasteiger partial charge in [-0.05, 0) is 42.9 Å². The van der Waals surface area contributed by atoms with Crippen LogP contribution in [0.2, 0.25) is 0 Å². The summed E-state index contributed by atoms with van der Waals surface area (Å²) in [6.07, 6.45) is 11.9. The van der Waals surface area contributed by atoms with E-state index in [9.17, 15) is 0 Å². The standard InChI is InChI=1S/C15H24N2/c1-15(8-3-2-4-9-15)13-17-11-7-14-6-5-10-16-12-14/h5-6,10,12,17H,2-4,7-9,11,13H2,1H3. The molecule has 0 unspecified atom stereocenters. The third-order valence-corrected chi connectivity index (χ3v) is 3.93. The molecule has 1 N–H and O–H groups in total. The van der Waals surface area contributed by atoms with Crippen molar-refractivity contribution in [3.05, 3.63) is 30.1 Å². The van der Waals surface area contributed by atoms with Gasteiger partial charge in [0.25, 0.3) is 0 Å². The van der Waals surface area contributed by atoms with Gasteiger partial charge in [0.1, 0.15) is 0 Å². The fraction of sp³-hybridized carbons (Fsp3) is 0.667. The first-order valence-electron chi connectivity index (χ1n) is 6.88. The van der Waals surface area contributed by atoms with Crippen LogP contribution in [-0.2, 0) is 6.42 Å². The van der Waals surface area contributed by atoms with Gasteiger partial charge >= 0.3 is 0 Å². The van der Waals surface area contributed by atoms with Crippen molar-refractivity contribution in [1.29, 1.82) is 0 Å². The molecule has 0 amide bonds. The Morgan fingerprint density at radius 3 is 2.82 bits per heavy atom. The fourth-order valence-electron chi connectivity index (χ4n) is 2.75. The number of hydrogen-bond donors (Lipinski definition) is 1.